The molecule has 0 bridgehead atoms. The summed E-state index contributed by atoms with van der Waals surface area (Å²) in [7, 11) is -4.59. The zero-order chi connectivity index (χ0) is 20.1. The van der Waals surface area contributed by atoms with Gasteiger partial charge in [0.1, 0.15) is 0 Å². The topological polar surface area (TPSA) is 44.5 Å². The summed E-state index contributed by atoms with van der Waals surface area (Å²) in [5.41, 5.74) is 0. The molecule has 1 aliphatic heterocycles. The lowest BCUT2D eigenvalue weighted by Crippen LogP contribution is -2.54. The van der Waals surface area contributed by atoms with Crippen molar-refractivity contribution in [2.75, 3.05) is 6.61 Å². The maximum Gasteiger partial charge on any atom is 0.354 e. The second-order valence-electron chi connectivity index (χ2n) is 10.1. The molecule has 0 aliphatic carbocycles. The zero-order valence-electron chi connectivity index (χ0n) is 17.4. The van der Waals surface area contributed by atoms with E-state index in [2.05, 4.69) is 20.8 Å². The largest absolute Gasteiger partial charge is 0.624 e. The Bertz CT molecular complexity index is 523. The molecular weight excluding hydrogens is 360 g/mol. The summed E-state index contributed by atoms with van der Waals surface area (Å²) in [6.07, 6.45) is -1.01. The van der Waals surface area contributed by atoms with Crippen molar-refractivity contribution in [1.82, 2.24) is 0 Å². The van der Waals surface area contributed by atoms with Gasteiger partial charge in [-0.3, -0.25) is 0 Å². The minimum Gasteiger partial charge on any atom is -0.624 e. The molecule has 0 saturated carbocycles. The van der Waals surface area contributed by atoms with Crippen LogP contribution in [0.5, 0.6) is 0 Å². The SMILES string of the molecule is CC(C)(C)[Si](C)(C)OC[C@@H]1[C@@H](O[Si](C)(C)C(C)(C)C)C(F)(F)C=[N+]1[O-]. The maximum absolute atomic E-state index is 14.4. The number of nitrogens with zero attached hydrogens (tertiary/aromatic N) is 1. The van der Waals surface area contributed by atoms with Crippen molar-refractivity contribution in [3.63, 3.8) is 0 Å². The van der Waals surface area contributed by atoms with E-state index in [0.29, 0.717) is 11.0 Å². The molecule has 0 saturated heterocycles. The number of halogens is 2. The van der Waals surface area contributed by atoms with Crippen molar-refractivity contribution >= 4 is 22.8 Å². The highest BCUT2D eigenvalue weighted by atomic mass is 28.4. The molecule has 0 N–H and O–H groups in total. The third-order valence-corrected chi connectivity index (χ3v) is 15.0. The highest BCUT2D eigenvalue weighted by Crippen LogP contribution is 2.42. The molecule has 1 aliphatic rings. The summed E-state index contributed by atoms with van der Waals surface area (Å²) in [6, 6.07) is -1.02. The molecule has 0 amide bonds. The fraction of sp³-hybridized carbons (Fsp3) is 0.941. The Morgan fingerprint density at radius 3 is 1.84 bits per heavy atom. The van der Waals surface area contributed by atoms with E-state index in [-0.39, 0.29) is 16.7 Å². The number of hydrogen-bond acceptors (Lipinski definition) is 3. The number of alkyl halides is 2. The van der Waals surface area contributed by atoms with Crippen molar-refractivity contribution in [3.8, 4) is 0 Å². The van der Waals surface area contributed by atoms with Crippen LogP contribution in [0.1, 0.15) is 41.5 Å². The van der Waals surface area contributed by atoms with Gasteiger partial charge in [-0.2, -0.15) is 8.78 Å². The quantitative estimate of drug-likeness (QED) is 0.374. The maximum atomic E-state index is 14.4. The van der Waals surface area contributed by atoms with Gasteiger partial charge in [-0.15, -0.1) is 0 Å². The van der Waals surface area contributed by atoms with Crippen LogP contribution >= 0.6 is 0 Å². The summed E-state index contributed by atoms with van der Waals surface area (Å²) in [4.78, 5) is 0. The van der Waals surface area contributed by atoms with Crippen molar-refractivity contribution in [2.45, 2.75) is 95.9 Å². The van der Waals surface area contributed by atoms with E-state index in [1.54, 1.807) is 0 Å². The summed E-state index contributed by atoms with van der Waals surface area (Å²) >= 11 is 0. The van der Waals surface area contributed by atoms with E-state index >= 15 is 0 Å². The Labute approximate surface area is 153 Å². The van der Waals surface area contributed by atoms with Gasteiger partial charge in [-0.05, 0) is 36.3 Å². The molecule has 8 heteroatoms. The minimum atomic E-state index is -3.28. The van der Waals surface area contributed by atoms with Gasteiger partial charge >= 0.3 is 5.92 Å². The van der Waals surface area contributed by atoms with Crippen LogP contribution in [0.25, 0.3) is 0 Å². The highest BCUT2D eigenvalue weighted by molar-refractivity contribution is 6.74. The molecule has 148 valence electrons. The smallest absolute Gasteiger partial charge is 0.354 e. The van der Waals surface area contributed by atoms with Crippen LogP contribution in [0.2, 0.25) is 36.3 Å². The lowest BCUT2D eigenvalue weighted by Gasteiger charge is -2.40. The average Bonchev–Trinajstić information content (AvgIpc) is 2.53. The standard InChI is InChI=1S/C17H35F2NO3Si2/c1-15(2,3)24(7,8)22-11-13-14(17(18,19)12-20(13)21)23-25(9,10)16(4,5)6/h12-14H,11H2,1-10H3/t13-,14-/m1/s1. The molecule has 0 aromatic carbocycles. The van der Waals surface area contributed by atoms with Gasteiger partial charge in [0.15, 0.2) is 22.7 Å². The Morgan fingerprint density at radius 2 is 1.44 bits per heavy atom. The van der Waals surface area contributed by atoms with E-state index in [0.717, 1.165) is 0 Å². The summed E-state index contributed by atoms with van der Waals surface area (Å²) in [5, 5.41) is 11.9. The van der Waals surface area contributed by atoms with Gasteiger partial charge < -0.3 is 14.1 Å². The lowest BCUT2D eigenvalue weighted by molar-refractivity contribution is -0.499. The first-order valence-corrected chi connectivity index (χ1v) is 14.6. The number of hydroxylamine groups is 1. The Balaban J connectivity index is 3.02. The molecule has 2 atom stereocenters. The van der Waals surface area contributed by atoms with Gasteiger partial charge in [0.2, 0.25) is 12.3 Å². The molecule has 0 aromatic heterocycles. The Kier molecular flexibility index (Phi) is 6.08. The van der Waals surface area contributed by atoms with Gasteiger partial charge in [0, 0.05) is 0 Å². The normalized spacial score (nSPS) is 25.2. The predicted molar refractivity (Wildman–Crippen MR) is 104 cm³/mol. The fourth-order valence-electron chi connectivity index (χ4n) is 2.05. The van der Waals surface area contributed by atoms with Crippen molar-refractivity contribution in [1.29, 1.82) is 0 Å². The molecule has 0 unspecified atom stereocenters. The average molecular weight is 396 g/mol. The molecule has 25 heavy (non-hydrogen) atoms. The third-order valence-electron chi connectivity index (χ3n) is 6.00. The predicted octanol–water partition coefficient (Wildman–Crippen LogP) is 5.00. The van der Waals surface area contributed by atoms with Crippen LogP contribution in [0.15, 0.2) is 0 Å². The number of rotatable bonds is 5. The van der Waals surface area contributed by atoms with E-state index in [9.17, 15) is 14.0 Å². The molecule has 0 aromatic rings. The monoisotopic (exact) mass is 395 g/mol. The van der Waals surface area contributed by atoms with Crippen molar-refractivity contribution in [3.05, 3.63) is 5.21 Å². The first-order valence-electron chi connectivity index (χ1n) is 8.83. The first-order chi connectivity index (χ1) is 10.8. The molecule has 1 heterocycles. The van der Waals surface area contributed by atoms with E-state index < -0.39 is 34.7 Å². The minimum absolute atomic E-state index is 0.0363. The molecule has 0 spiro atoms. The van der Waals surface area contributed by atoms with Crippen molar-refractivity contribution < 1.29 is 22.4 Å². The number of hydrogen-bond donors (Lipinski definition) is 0. The summed E-state index contributed by atoms with van der Waals surface area (Å²) < 4.78 is 41.2. The molecule has 0 fully saturated rings. The third kappa shape index (κ3) is 4.90. The van der Waals surface area contributed by atoms with E-state index in [1.807, 2.05) is 47.0 Å². The Morgan fingerprint density at radius 1 is 1.00 bits per heavy atom. The summed E-state index contributed by atoms with van der Waals surface area (Å²) in [6.45, 7) is 20.1. The molecule has 4 nitrogen and oxygen atoms in total. The lowest BCUT2D eigenvalue weighted by atomic mass is 10.1. The highest BCUT2D eigenvalue weighted by Gasteiger charge is 2.59. The van der Waals surface area contributed by atoms with E-state index in [1.165, 1.54) is 0 Å². The van der Waals surface area contributed by atoms with Crippen LogP contribution in [-0.2, 0) is 8.85 Å². The second kappa shape index (κ2) is 6.69. The second-order valence-corrected chi connectivity index (χ2v) is 19.7. The summed E-state index contributed by atoms with van der Waals surface area (Å²) in [5.74, 6) is -3.28. The molecule has 1 rings (SSSR count). The van der Waals surface area contributed by atoms with Crippen molar-refractivity contribution in [2.24, 2.45) is 0 Å². The van der Waals surface area contributed by atoms with Gasteiger partial charge in [-0.25, -0.2) is 4.74 Å². The zero-order valence-corrected chi connectivity index (χ0v) is 19.4. The van der Waals surface area contributed by atoms with Gasteiger partial charge in [-0.1, -0.05) is 41.5 Å². The van der Waals surface area contributed by atoms with Crippen LogP contribution in [-0.4, -0.2) is 52.3 Å². The van der Waals surface area contributed by atoms with Gasteiger partial charge in [0.05, 0.1) is 6.61 Å². The van der Waals surface area contributed by atoms with Crippen LogP contribution in [0, 0.1) is 5.21 Å². The first kappa shape index (κ1) is 22.7. The van der Waals surface area contributed by atoms with E-state index in [4.69, 9.17) is 8.85 Å². The van der Waals surface area contributed by atoms with Crippen LogP contribution in [0.3, 0.4) is 0 Å². The van der Waals surface area contributed by atoms with Crippen LogP contribution in [0.4, 0.5) is 8.78 Å². The van der Waals surface area contributed by atoms with Gasteiger partial charge in [0.25, 0.3) is 0 Å². The molecular formula is C17H35F2NO3Si2. The fourth-order valence-corrected chi connectivity index (χ4v) is 4.37. The Hall–Kier alpha value is -0.316. The molecule has 0 radical (unpaired) electrons. The van der Waals surface area contributed by atoms with Crippen LogP contribution < -0.4 is 0 Å².